The van der Waals surface area contributed by atoms with E-state index < -0.39 is 5.56 Å². The highest BCUT2D eigenvalue weighted by atomic mass is 79.9. The molecule has 0 aliphatic rings. The summed E-state index contributed by atoms with van der Waals surface area (Å²) >= 11 is 11.0. The van der Waals surface area contributed by atoms with E-state index in [4.69, 9.17) is 11.6 Å². The number of aromatic nitrogens is 2. The Morgan fingerprint density at radius 3 is 2.74 bits per heavy atom. The SMILES string of the molecule is O=c1c(Cl)c(NN=Cc2ccc(Br)s2)cnn1-c1ccccc1. The van der Waals surface area contributed by atoms with Crippen molar-refractivity contribution in [1.82, 2.24) is 9.78 Å². The third-order valence-electron chi connectivity index (χ3n) is 2.89. The van der Waals surface area contributed by atoms with Gasteiger partial charge in [-0.3, -0.25) is 10.2 Å². The van der Waals surface area contributed by atoms with Crippen LogP contribution in [0.4, 0.5) is 5.69 Å². The van der Waals surface area contributed by atoms with Gasteiger partial charge in [-0.1, -0.05) is 29.8 Å². The number of nitrogens with zero attached hydrogens (tertiary/aromatic N) is 3. The normalized spacial score (nSPS) is 11.0. The third kappa shape index (κ3) is 3.69. The summed E-state index contributed by atoms with van der Waals surface area (Å²) in [5.41, 5.74) is 3.35. The van der Waals surface area contributed by atoms with Crippen molar-refractivity contribution in [3.05, 3.63) is 72.7 Å². The molecular formula is C15H10BrClN4OS. The molecule has 0 saturated carbocycles. The van der Waals surface area contributed by atoms with Crippen LogP contribution in [-0.4, -0.2) is 16.0 Å². The lowest BCUT2D eigenvalue weighted by Crippen LogP contribution is -2.22. The van der Waals surface area contributed by atoms with Crippen LogP contribution in [0.25, 0.3) is 5.69 Å². The summed E-state index contributed by atoms with van der Waals surface area (Å²) in [6.45, 7) is 0. The molecule has 0 bridgehead atoms. The van der Waals surface area contributed by atoms with Crippen molar-refractivity contribution in [2.75, 3.05) is 5.43 Å². The minimum absolute atomic E-state index is 0.0355. The van der Waals surface area contributed by atoms with E-state index in [9.17, 15) is 4.79 Å². The quantitative estimate of drug-likeness (QED) is 0.520. The molecule has 0 radical (unpaired) electrons. The van der Waals surface area contributed by atoms with Crippen LogP contribution in [0, 0.1) is 0 Å². The first-order valence-electron chi connectivity index (χ1n) is 6.53. The Morgan fingerprint density at radius 1 is 1.26 bits per heavy atom. The Balaban J connectivity index is 1.83. The van der Waals surface area contributed by atoms with Gasteiger partial charge in [-0.25, -0.2) is 0 Å². The number of hydrogen-bond donors (Lipinski definition) is 1. The standard InChI is InChI=1S/C15H10BrClN4OS/c16-13-7-6-11(23-13)8-18-20-12-9-19-21(15(22)14(12)17)10-4-2-1-3-5-10/h1-9,20H. The summed E-state index contributed by atoms with van der Waals surface area (Å²) in [5.74, 6) is 0. The van der Waals surface area contributed by atoms with Gasteiger partial charge >= 0.3 is 0 Å². The maximum atomic E-state index is 12.3. The first-order valence-corrected chi connectivity index (χ1v) is 8.51. The average Bonchev–Trinajstić information content (AvgIpc) is 2.98. The lowest BCUT2D eigenvalue weighted by molar-refractivity contribution is 0.808. The van der Waals surface area contributed by atoms with Crippen LogP contribution in [0.2, 0.25) is 5.02 Å². The fourth-order valence-electron chi connectivity index (χ4n) is 1.83. The second kappa shape index (κ2) is 7.08. The van der Waals surface area contributed by atoms with Gasteiger partial charge in [-0.15, -0.1) is 11.3 Å². The summed E-state index contributed by atoms with van der Waals surface area (Å²) in [5, 5.41) is 8.22. The number of rotatable bonds is 4. The van der Waals surface area contributed by atoms with E-state index in [0.717, 1.165) is 8.66 Å². The van der Waals surface area contributed by atoms with Crippen LogP contribution in [0.3, 0.4) is 0 Å². The molecule has 3 aromatic rings. The Morgan fingerprint density at radius 2 is 2.04 bits per heavy atom. The van der Waals surface area contributed by atoms with Gasteiger partial charge in [0.15, 0.2) is 0 Å². The summed E-state index contributed by atoms with van der Waals surface area (Å²) in [6, 6.07) is 12.9. The van der Waals surface area contributed by atoms with E-state index in [1.807, 2.05) is 30.3 Å². The van der Waals surface area contributed by atoms with Crippen LogP contribution in [0.1, 0.15) is 4.88 Å². The summed E-state index contributed by atoms with van der Waals surface area (Å²) in [6.07, 6.45) is 3.12. The highest BCUT2D eigenvalue weighted by Gasteiger charge is 2.09. The minimum atomic E-state index is -0.406. The van der Waals surface area contributed by atoms with Crippen molar-refractivity contribution in [2.45, 2.75) is 0 Å². The molecule has 5 nitrogen and oxygen atoms in total. The van der Waals surface area contributed by atoms with Crippen molar-refractivity contribution >= 4 is 50.8 Å². The fraction of sp³-hybridized carbons (Fsp3) is 0. The number of benzene rings is 1. The molecule has 3 rings (SSSR count). The lowest BCUT2D eigenvalue weighted by atomic mass is 10.3. The van der Waals surface area contributed by atoms with Gasteiger partial charge in [0.2, 0.25) is 0 Å². The number of anilines is 1. The molecule has 0 saturated heterocycles. The van der Waals surface area contributed by atoms with Crippen molar-refractivity contribution < 1.29 is 0 Å². The van der Waals surface area contributed by atoms with Crippen LogP contribution in [0.15, 0.2) is 62.3 Å². The van der Waals surface area contributed by atoms with E-state index in [1.54, 1.807) is 29.7 Å². The molecule has 0 aliphatic carbocycles. The molecular weight excluding hydrogens is 400 g/mol. The average molecular weight is 410 g/mol. The number of halogens is 2. The highest BCUT2D eigenvalue weighted by molar-refractivity contribution is 9.11. The van der Waals surface area contributed by atoms with Crippen LogP contribution in [-0.2, 0) is 0 Å². The first kappa shape index (κ1) is 15.9. The molecule has 116 valence electrons. The molecule has 2 heterocycles. The van der Waals surface area contributed by atoms with E-state index >= 15 is 0 Å². The summed E-state index contributed by atoms with van der Waals surface area (Å²) in [7, 11) is 0. The Bertz CT molecular complexity index is 907. The third-order valence-corrected chi connectivity index (χ3v) is 4.81. The lowest BCUT2D eigenvalue weighted by Gasteiger charge is -2.07. The molecule has 0 spiro atoms. The van der Waals surface area contributed by atoms with E-state index in [0.29, 0.717) is 11.4 Å². The molecule has 0 unspecified atom stereocenters. The Labute approximate surface area is 149 Å². The van der Waals surface area contributed by atoms with Gasteiger partial charge in [0.25, 0.3) is 5.56 Å². The smallest absolute Gasteiger partial charge is 0.275 e. The zero-order valence-electron chi connectivity index (χ0n) is 11.6. The highest BCUT2D eigenvalue weighted by Crippen LogP contribution is 2.21. The predicted octanol–water partition coefficient (Wildman–Crippen LogP) is 4.16. The zero-order chi connectivity index (χ0) is 16.2. The van der Waals surface area contributed by atoms with Crippen molar-refractivity contribution in [3.63, 3.8) is 0 Å². The number of hydrogen-bond acceptors (Lipinski definition) is 5. The van der Waals surface area contributed by atoms with Crippen molar-refractivity contribution in [2.24, 2.45) is 5.10 Å². The summed E-state index contributed by atoms with van der Waals surface area (Å²) < 4.78 is 2.26. The molecule has 8 heteroatoms. The Hall–Kier alpha value is -1.96. The molecule has 2 aromatic heterocycles. The molecule has 1 aromatic carbocycles. The minimum Gasteiger partial charge on any atom is -0.275 e. The topological polar surface area (TPSA) is 59.3 Å². The van der Waals surface area contributed by atoms with Gasteiger partial charge in [0, 0.05) is 4.88 Å². The maximum Gasteiger partial charge on any atom is 0.292 e. The van der Waals surface area contributed by atoms with Gasteiger partial charge in [-0.2, -0.15) is 14.9 Å². The fourth-order valence-corrected chi connectivity index (χ4v) is 3.29. The molecule has 0 amide bonds. The van der Waals surface area contributed by atoms with Gasteiger partial charge in [0.1, 0.15) is 10.7 Å². The van der Waals surface area contributed by atoms with E-state index in [2.05, 4.69) is 31.6 Å². The van der Waals surface area contributed by atoms with Crippen molar-refractivity contribution in [1.29, 1.82) is 0 Å². The molecule has 0 atom stereocenters. The second-order valence-corrected chi connectivity index (χ2v) is 7.31. The van der Waals surface area contributed by atoms with E-state index in [-0.39, 0.29) is 5.02 Å². The van der Waals surface area contributed by atoms with Crippen LogP contribution in [0.5, 0.6) is 0 Å². The van der Waals surface area contributed by atoms with Crippen LogP contribution >= 0.6 is 38.9 Å². The van der Waals surface area contributed by atoms with Crippen molar-refractivity contribution in [3.8, 4) is 5.69 Å². The maximum absolute atomic E-state index is 12.3. The zero-order valence-corrected chi connectivity index (χ0v) is 14.8. The van der Waals surface area contributed by atoms with Gasteiger partial charge < -0.3 is 0 Å². The van der Waals surface area contributed by atoms with E-state index in [1.165, 1.54) is 10.9 Å². The number of nitrogens with one attached hydrogen (secondary N) is 1. The molecule has 23 heavy (non-hydrogen) atoms. The summed E-state index contributed by atoms with van der Waals surface area (Å²) in [4.78, 5) is 13.3. The number of hydrazone groups is 1. The Kier molecular flexibility index (Phi) is 4.90. The number of thiophene rings is 1. The monoisotopic (exact) mass is 408 g/mol. The molecule has 0 aliphatic heterocycles. The van der Waals surface area contributed by atoms with Gasteiger partial charge in [0.05, 0.1) is 21.9 Å². The molecule has 0 fully saturated rings. The molecule has 1 N–H and O–H groups in total. The number of para-hydroxylation sites is 1. The largest absolute Gasteiger partial charge is 0.292 e. The van der Waals surface area contributed by atoms with Gasteiger partial charge in [-0.05, 0) is 40.2 Å². The first-order chi connectivity index (χ1) is 11.1. The predicted molar refractivity (Wildman–Crippen MR) is 98.1 cm³/mol. The van der Waals surface area contributed by atoms with Crippen LogP contribution < -0.4 is 11.0 Å². The second-order valence-electron chi connectivity index (χ2n) is 4.44.